The summed E-state index contributed by atoms with van der Waals surface area (Å²) in [5, 5.41) is 13.3. The van der Waals surface area contributed by atoms with Crippen molar-refractivity contribution >= 4 is 11.8 Å². The number of fused-ring (bicyclic) bond motifs is 1. The number of nitrogens with one attached hydrogen (secondary N) is 1. The molecule has 104 valence electrons. The Morgan fingerprint density at radius 3 is 2.89 bits per heavy atom. The summed E-state index contributed by atoms with van der Waals surface area (Å²) >= 11 is 1.94. The van der Waals surface area contributed by atoms with Gasteiger partial charge in [0.15, 0.2) is 0 Å². The van der Waals surface area contributed by atoms with Crippen LogP contribution in [0.4, 0.5) is 0 Å². The van der Waals surface area contributed by atoms with Gasteiger partial charge in [-0.2, -0.15) is 0 Å². The third kappa shape index (κ3) is 2.82. The fourth-order valence-corrected chi connectivity index (χ4v) is 4.15. The minimum absolute atomic E-state index is 0.125. The van der Waals surface area contributed by atoms with Crippen molar-refractivity contribution in [2.45, 2.75) is 29.2 Å². The Bertz CT molecular complexity index is 432. The van der Waals surface area contributed by atoms with Crippen LogP contribution in [0, 0.1) is 0 Å². The molecule has 0 aromatic heterocycles. The second-order valence-electron chi connectivity index (χ2n) is 5.48. The van der Waals surface area contributed by atoms with Gasteiger partial charge in [-0.05, 0) is 24.5 Å². The Morgan fingerprint density at radius 1 is 1.32 bits per heavy atom. The van der Waals surface area contributed by atoms with Crippen molar-refractivity contribution < 1.29 is 9.84 Å². The third-order valence-electron chi connectivity index (χ3n) is 4.27. The zero-order valence-electron chi connectivity index (χ0n) is 11.1. The van der Waals surface area contributed by atoms with Crippen molar-refractivity contribution in [3.05, 3.63) is 29.8 Å². The lowest BCUT2D eigenvalue weighted by Gasteiger charge is -2.37. The molecule has 2 aliphatic heterocycles. The largest absolute Gasteiger partial charge is 0.394 e. The van der Waals surface area contributed by atoms with Crippen LogP contribution in [0.2, 0.25) is 0 Å². The summed E-state index contributed by atoms with van der Waals surface area (Å²) in [5.74, 6) is 1.71. The van der Waals surface area contributed by atoms with Gasteiger partial charge in [-0.1, -0.05) is 18.2 Å². The number of aliphatic hydroxyl groups excluding tert-OH is 1. The summed E-state index contributed by atoms with van der Waals surface area (Å²) in [7, 11) is 0. The molecular formula is C15H21NO2S. The van der Waals surface area contributed by atoms with Crippen LogP contribution >= 0.6 is 11.8 Å². The monoisotopic (exact) mass is 279 g/mol. The molecule has 1 aromatic rings. The van der Waals surface area contributed by atoms with Gasteiger partial charge in [0.2, 0.25) is 0 Å². The fraction of sp³-hybridized carbons (Fsp3) is 0.600. The Morgan fingerprint density at radius 2 is 2.11 bits per heavy atom. The van der Waals surface area contributed by atoms with Crippen molar-refractivity contribution in [2.75, 3.05) is 32.1 Å². The van der Waals surface area contributed by atoms with Crippen LogP contribution in [0.3, 0.4) is 0 Å². The molecule has 1 aromatic carbocycles. The number of hydrogen-bond acceptors (Lipinski definition) is 4. The normalized spacial score (nSPS) is 25.2. The topological polar surface area (TPSA) is 41.5 Å². The summed E-state index contributed by atoms with van der Waals surface area (Å²) in [5.41, 5.74) is 1.33. The first-order valence-corrected chi connectivity index (χ1v) is 7.97. The van der Waals surface area contributed by atoms with Gasteiger partial charge < -0.3 is 15.2 Å². The van der Waals surface area contributed by atoms with E-state index >= 15 is 0 Å². The first kappa shape index (κ1) is 13.4. The molecule has 2 heterocycles. The Kier molecular flexibility index (Phi) is 4.12. The van der Waals surface area contributed by atoms with E-state index in [4.69, 9.17) is 4.74 Å². The van der Waals surface area contributed by atoms with E-state index in [0.29, 0.717) is 5.92 Å². The third-order valence-corrected chi connectivity index (χ3v) is 5.53. The molecule has 0 spiro atoms. The second-order valence-corrected chi connectivity index (χ2v) is 6.54. The number of hydrogen-bond donors (Lipinski definition) is 2. The van der Waals surface area contributed by atoms with Gasteiger partial charge >= 0.3 is 0 Å². The van der Waals surface area contributed by atoms with E-state index in [9.17, 15) is 5.11 Å². The van der Waals surface area contributed by atoms with E-state index in [2.05, 4.69) is 29.6 Å². The number of ether oxygens (including phenoxy) is 1. The molecule has 3 nitrogen and oxygen atoms in total. The molecule has 0 aliphatic carbocycles. The fourth-order valence-electron chi connectivity index (χ4n) is 2.89. The first-order valence-electron chi connectivity index (χ1n) is 6.98. The SMILES string of the molecule is OCC1(NCC2CSc3ccccc32)CCOCC1. The van der Waals surface area contributed by atoms with Crippen LogP contribution in [0.15, 0.2) is 29.2 Å². The first-order chi connectivity index (χ1) is 9.33. The lowest BCUT2D eigenvalue weighted by Crippen LogP contribution is -2.53. The van der Waals surface area contributed by atoms with Crippen molar-refractivity contribution in [1.29, 1.82) is 0 Å². The highest BCUT2D eigenvalue weighted by Crippen LogP contribution is 2.39. The summed E-state index contributed by atoms with van der Waals surface area (Å²) in [4.78, 5) is 1.42. The van der Waals surface area contributed by atoms with Gasteiger partial charge in [-0.15, -0.1) is 11.8 Å². The highest BCUT2D eigenvalue weighted by molar-refractivity contribution is 7.99. The molecule has 2 aliphatic rings. The second kappa shape index (κ2) is 5.83. The van der Waals surface area contributed by atoms with Gasteiger partial charge in [-0.25, -0.2) is 0 Å². The summed E-state index contributed by atoms with van der Waals surface area (Å²) in [6.45, 7) is 2.66. The smallest absolute Gasteiger partial charge is 0.0615 e. The van der Waals surface area contributed by atoms with Gasteiger partial charge in [0.25, 0.3) is 0 Å². The maximum Gasteiger partial charge on any atom is 0.0615 e. The van der Waals surface area contributed by atoms with Gasteiger partial charge in [0.05, 0.1) is 6.61 Å². The number of thioether (sulfide) groups is 1. The quantitative estimate of drug-likeness (QED) is 0.884. The maximum atomic E-state index is 9.69. The van der Waals surface area contributed by atoms with E-state index in [-0.39, 0.29) is 12.1 Å². The lowest BCUT2D eigenvalue weighted by atomic mass is 9.89. The molecular weight excluding hydrogens is 258 g/mol. The van der Waals surface area contributed by atoms with E-state index < -0.39 is 0 Å². The zero-order chi connectivity index (χ0) is 13.1. The van der Waals surface area contributed by atoms with Crippen LogP contribution in [0.25, 0.3) is 0 Å². The molecule has 0 bridgehead atoms. The zero-order valence-corrected chi connectivity index (χ0v) is 11.9. The number of benzene rings is 1. The molecule has 19 heavy (non-hydrogen) atoms. The predicted octanol–water partition coefficient (Wildman–Crippen LogP) is 2.01. The molecule has 2 N–H and O–H groups in total. The number of aliphatic hydroxyl groups is 1. The van der Waals surface area contributed by atoms with E-state index in [1.165, 1.54) is 10.5 Å². The van der Waals surface area contributed by atoms with Crippen LogP contribution in [0.1, 0.15) is 24.3 Å². The van der Waals surface area contributed by atoms with Crippen LogP contribution < -0.4 is 5.32 Å². The molecule has 0 saturated carbocycles. The van der Waals surface area contributed by atoms with E-state index in [0.717, 1.165) is 38.4 Å². The van der Waals surface area contributed by atoms with E-state index in [1.54, 1.807) is 0 Å². The minimum atomic E-state index is -0.125. The molecule has 1 atom stereocenters. The number of rotatable bonds is 4. The average molecular weight is 279 g/mol. The molecule has 4 heteroatoms. The van der Waals surface area contributed by atoms with Crippen LogP contribution in [-0.4, -0.2) is 42.8 Å². The van der Waals surface area contributed by atoms with Crippen LogP contribution in [-0.2, 0) is 4.74 Å². The Labute approximate surface area is 118 Å². The summed E-state index contributed by atoms with van der Waals surface area (Å²) < 4.78 is 5.40. The van der Waals surface area contributed by atoms with Gasteiger partial charge in [0, 0.05) is 41.9 Å². The van der Waals surface area contributed by atoms with Crippen molar-refractivity contribution in [3.63, 3.8) is 0 Å². The highest BCUT2D eigenvalue weighted by atomic mass is 32.2. The summed E-state index contributed by atoms with van der Waals surface area (Å²) in [6, 6.07) is 8.66. The Hall–Kier alpha value is -0.550. The minimum Gasteiger partial charge on any atom is -0.394 e. The summed E-state index contributed by atoms with van der Waals surface area (Å²) in [6.07, 6.45) is 1.82. The Balaban J connectivity index is 1.63. The molecule has 3 rings (SSSR count). The molecule has 1 fully saturated rings. The standard InChI is InChI=1S/C15H21NO2S/c17-11-15(5-7-18-8-6-15)16-9-12-10-19-14-4-2-1-3-13(12)14/h1-4,12,16-17H,5-11H2. The maximum absolute atomic E-state index is 9.69. The van der Waals surface area contributed by atoms with Crippen LogP contribution in [0.5, 0.6) is 0 Å². The van der Waals surface area contributed by atoms with Crippen molar-refractivity contribution in [3.8, 4) is 0 Å². The van der Waals surface area contributed by atoms with Gasteiger partial charge in [-0.3, -0.25) is 0 Å². The molecule has 1 unspecified atom stereocenters. The van der Waals surface area contributed by atoms with E-state index in [1.807, 2.05) is 11.8 Å². The van der Waals surface area contributed by atoms with Crippen molar-refractivity contribution in [1.82, 2.24) is 5.32 Å². The lowest BCUT2D eigenvalue weighted by molar-refractivity contribution is 0.0117. The molecule has 0 amide bonds. The highest BCUT2D eigenvalue weighted by Gasteiger charge is 2.33. The van der Waals surface area contributed by atoms with Gasteiger partial charge in [0.1, 0.15) is 0 Å². The average Bonchev–Trinajstić information content (AvgIpc) is 2.89. The predicted molar refractivity (Wildman–Crippen MR) is 77.8 cm³/mol. The molecule has 0 radical (unpaired) electrons. The van der Waals surface area contributed by atoms with Crippen molar-refractivity contribution in [2.24, 2.45) is 0 Å². The molecule has 1 saturated heterocycles.